The van der Waals surface area contributed by atoms with Crippen LogP contribution in [0.3, 0.4) is 0 Å². The standard InChI is InChI=1S/C24H23N3O5S2/c1-31-18-5-8-20(9-6-18)34(29,30)13-11-23(28)27(16-17-4-3-12-25-15-17)24-26-21-14-19(32-2)7-10-22(21)33-24/h3-10,12,14-15H,11,13,16H2,1-2H3. The summed E-state index contributed by atoms with van der Waals surface area (Å²) < 4.78 is 36.9. The van der Waals surface area contributed by atoms with E-state index < -0.39 is 9.84 Å². The fourth-order valence-corrected chi connectivity index (χ4v) is 5.52. The topological polar surface area (TPSA) is 98.7 Å². The molecule has 34 heavy (non-hydrogen) atoms. The molecule has 2 aromatic carbocycles. The molecule has 0 saturated carbocycles. The Morgan fingerprint density at radius 1 is 1.03 bits per heavy atom. The first-order valence-corrected chi connectivity index (χ1v) is 12.9. The summed E-state index contributed by atoms with van der Waals surface area (Å²) in [6.07, 6.45) is 3.14. The van der Waals surface area contributed by atoms with Gasteiger partial charge in [-0.1, -0.05) is 17.4 Å². The summed E-state index contributed by atoms with van der Waals surface area (Å²) in [6, 6.07) is 15.3. The summed E-state index contributed by atoms with van der Waals surface area (Å²) in [7, 11) is -0.561. The summed E-state index contributed by atoms with van der Waals surface area (Å²) in [5.41, 5.74) is 1.51. The number of methoxy groups -OCH3 is 2. The van der Waals surface area contributed by atoms with Crippen molar-refractivity contribution in [2.45, 2.75) is 17.9 Å². The zero-order valence-electron chi connectivity index (χ0n) is 18.7. The molecule has 4 rings (SSSR count). The predicted octanol–water partition coefficient (Wildman–Crippen LogP) is 4.11. The summed E-state index contributed by atoms with van der Waals surface area (Å²) in [5.74, 6) is 0.567. The van der Waals surface area contributed by atoms with Gasteiger partial charge in [-0.05, 0) is 48.0 Å². The van der Waals surface area contributed by atoms with E-state index in [0.717, 1.165) is 10.3 Å². The van der Waals surface area contributed by atoms with Crippen LogP contribution in [0.15, 0.2) is 71.9 Å². The molecule has 10 heteroatoms. The van der Waals surface area contributed by atoms with Crippen LogP contribution < -0.4 is 14.4 Å². The molecular formula is C24H23N3O5S2. The summed E-state index contributed by atoms with van der Waals surface area (Å²) >= 11 is 1.36. The van der Waals surface area contributed by atoms with Crippen LogP contribution in [0.2, 0.25) is 0 Å². The number of pyridine rings is 1. The molecule has 0 aliphatic heterocycles. The summed E-state index contributed by atoms with van der Waals surface area (Å²) in [5, 5.41) is 0.485. The molecule has 176 valence electrons. The van der Waals surface area contributed by atoms with Crippen molar-refractivity contribution in [1.82, 2.24) is 9.97 Å². The lowest BCUT2D eigenvalue weighted by Crippen LogP contribution is -2.31. The molecule has 0 spiro atoms. The number of benzene rings is 2. The largest absolute Gasteiger partial charge is 0.497 e. The Morgan fingerprint density at radius 2 is 1.76 bits per heavy atom. The van der Waals surface area contributed by atoms with Crippen LogP contribution in [0, 0.1) is 0 Å². The number of hydrogen-bond acceptors (Lipinski definition) is 8. The maximum Gasteiger partial charge on any atom is 0.230 e. The number of nitrogens with zero attached hydrogens (tertiary/aromatic N) is 3. The second kappa shape index (κ2) is 10.2. The van der Waals surface area contributed by atoms with E-state index in [1.54, 1.807) is 43.8 Å². The number of aromatic nitrogens is 2. The first-order chi connectivity index (χ1) is 16.4. The number of thiazole rings is 1. The van der Waals surface area contributed by atoms with E-state index in [0.29, 0.717) is 22.1 Å². The van der Waals surface area contributed by atoms with Crippen LogP contribution in [0.4, 0.5) is 5.13 Å². The summed E-state index contributed by atoms with van der Waals surface area (Å²) in [6.45, 7) is 0.228. The first kappa shape index (κ1) is 23.7. The Balaban J connectivity index is 1.58. The maximum absolute atomic E-state index is 13.3. The van der Waals surface area contributed by atoms with E-state index in [-0.39, 0.29) is 29.5 Å². The number of fused-ring (bicyclic) bond motifs is 1. The molecule has 1 amide bonds. The van der Waals surface area contributed by atoms with Crippen molar-refractivity contribution in [3.8, 4) is 11.5 Å². The van der Waals surface area contributed by atoms with Gasteiger partial charge in [-0.2, -0.15) is 0 Å². The third kappa shape index (κ3) is 5.35. The predicted molar refractivity (Wildman–Crippen MR) is 131 cm³/mol. The molecular weight excluding hydrogens is 474 g/mol. The SMILES string of the molecule is COc1ccc(S(=O)(=O)CCC(=O)N(Cc2cccnc2)c2nc3cc(OC)ccc3s2)cc1. The normalized spacial score (nSPS) is 11.4. The Labute approximate surface area is 201 Å². The zero-order valence-corrected chi connectivity index (χ0v) is 20.3. The molecule has 0 saturated heterocycles. The molecule has 8 nitrogen and oxygen atoms in total. The molecule has 0 atom stereocenters. The molecule has 0 bridgehead atoms. The molecule has 0 N–H and O–H groups in total. The Bertz CT molecular complexity index is 1390. The number of amides is 1. The Hall–Kier alpha value is -3.50. The van der Waals surface area contributed by atoms with Gasteiger partial charge in [0.2, 0.25) is 5.91 Å². The van der Waals surface area contributed by atoms with Gasteiger partial charge in [0.1, 0.15) is 11.5 Å². The number of ether oxygens (including phenoxy) is 2. The van der Waals surface area contributed by atoms with E-state index in [9.17, 15) is 13.2 Å². The van der Waals surface area contributed by atoms with Crippen LogP contribution in [0.1, 0.15) is 12.0 Å². The van der Waals surface area contributed by atoms with E-state index in [1.165, 1.54) is 35.5 Å². The fraction of sp³-hybridized carbons (Fsp3) is 0.208. The van der Waals surface area contributed by atoms with Gasteiger partial charge in [-0.3, -0.25) is 14.7 Å². The van der Waals surface area contributed by atoms with Gasteiger partial charge in [0.05, 0.1) is 41.6 Å². The smallest absolute Gasteiger partial charge is 0.230 e. The van der Waals surface area contributed by atoms with Crippen LogP contribution >= 0.6 is 11.3 Å². The molecule has 2 heterocycles. The second-order valence-corrected chi connectivity index (χ2v) is 10.5. The van der Waals surface area contributed by atoms with Gasteiger partial charge >= 0.3 is 0 Å². The first-order valence-electron chi connectivity index (χ1n) is 10.4. The van der Waals surface area contributed by atoms with Crippen LogP contribution in [0.25, 0.3) is 10.2 Å². The highest BCUT2D eigenvalue weighted by Gasteiger charge is 2.24. The van der Waals surface area contributed by atoms with Gasteiger partial charge < -0.3 is 9.47 Å². The third-order valence-corrected chi connectivity index (χ3v) is 7.97. The lowest BCUT2D eigenvalue weighted by atomic mass is 10.2. The van der Waals surface area contributed by atoms with E-state index in [2.05, 4.69) is 9.97 Å². The highest BCUT2D eigenvalue weighted by Crippen LogP contribution is 2.32. The minimum absolute atomic E-state index is 0.145. The number of rotatable bonds is 9. The van der Waals surface area contributed by atoms with Gasteiger partial charge in [-0.25, -0.2) is 13.4 Å². The zero-order chi connectivity index (χ0) is 24.1. The third-order valence-electron chi connectivity index (χ3n) is 5.18. The van der Waals surface area contributed by atoms with Crippen molar-refractivity contribution < 1.29 is 22.7 Å². The molecule has 0 radical (unpaired) electrons. The number of sulfone groups is 1. The molecule has 0 aliphatic carbocycles. The van der Waals surface area contributed by atoms with Crippen molar-refractivity contribution in [2.24, 2.45) is 0 Å². The maximum atomic E-state index is 13.3. The average Bonchev–Trinajstić information content (AvgIpc) is 3.29. The summed E-state index contributed by atoms with van der Waals surface area (Å²) in [4.78, 5) is 23.7. The van der Waals surface area contributed by atoms with Crippen molar-refractivity contribution >= 4 is 42.4 Å². The van der Waals surface area contributed by atoms with Crippen molar-refractivity contribution in [1.29, 1.82) is 0 Å². The van der Waals surface area contributed by atoms with Crippen molar-refractivity contribution in [2.75, 3.05) is 24.9 Å². The highest BCUT2D eigenvalue weighted by atomic mass is 32.2. The van der Waals surface area contributed by atoms with E-state index >= 15 is 0 Å². The van der Waals surface area contributed by atoms with Crippen LogP contribution in [-0.2, 0) is 21.2 Å². The average molecular weight is 498 g/mol. The molecule has 0 fully saturated rings. The number of hydrogen-bond donors (Lipinski definition) is 0. The quantitative estimate of drug-likeness (QED) is 0.343. The number of anilines is 1. The molecule has 0 unspecified atom stereocenters. The van der Waals surface area contributed by atoms with Gasteiger partial charge in [0.25, 0.3) is 0 Å². The lowest BCUT2D eigenvalue weighted by Gasteiger charge is -2.20. The van der Waals surface area contributed by atoms with Gasteiger partial charge in [0.15, 0.2) is 15.0 Å². The van der Waals surface area contributed by atoms with Crippen LogP contribution in [0.5, 0.6) is 11.5 Å². The van der Waals surface area contributed by atoms with E-state index in [4.69, 9.17) is 9.47 Å². The second-order valence-electron chi connectivity index (χ2n) is 7.42. The van der Waals surface area contributed by atoms with Crippen LogP contribution in [-0.4, -0.2) is 44.3 Å². The monoisotopic (exact) mass is 497 g/mol. The minimum atomic E-state index is -3.65. The van der Waals surface area contributed by atoms with Crippen molar-refractivity contribution in [3.63, 3.8) is 0 Å². The number of carbonyl (C=O) groups excluding carboxylic acids is 1. The minimum Gasteiger partial charge on any atom is -0.497 e. The molecule has 0 aliphatic rings. The Kier molecular flexibility index (Phi) is 7.09. The number of carbonyl (C=O) groups is 1. The highest BCUT2D eigenvalue weighted by molar-refractivity contribution is 7.91. The van der Waals surface area contributed by atoms with Crippen molar-refractivity contribution in [3.05, 3.63) is 72.6 Å². The van der Waals surface area contributed by atoms with Gasteiger partial charge in [-0.15, -0.1) is 0 Å². The Morgan fingerprint density at radius 3 is 2.44 bits per heavy atom. The fourth-order valence-electron chi connectivity index (χ4n) is 3.33. The van der Waals surface area contributed by atoms with E-state index in [1.807, 2.05) is 18.2 Å². The molecule has 4 aromatic rings. The molecule has 2 aromatic heterocycles. The lowest BCUT2D eigenvalue weighted by molar-refractivity contribution is -0.118. The van der Waals surface area contributed by atoms with Gasteiger partial charge in [0, 0.05) is 24.9 Å².